The summed E-state index contributed by atoms with van der Waals surface area (Å²) in [5.74, 6) is -1.56. The van der Waals surface area contributed by atoms with Gasteiger partial charge in [0.1, 0.15) is 0 Å². The van der Waals surface area contributed by atoms with Gasteiger partial charge in [0.25, 0.3) is 5.91 Å². The summed E-state index contributed by atoms with van der Waals surface area (Å²) in [5.41, 5.74) is 4.10. The van der Waals surface area contributed by atoms with Crippen molar-refractivity contribution >= 4 is 11.8 Å². The van der Waals surface area contributed by atoms with Gasteiger partial charge in [-0.25, -0.2) is 4.39 Å². The van der Waals surface area contributed by atoms with E-state index >= 15 is 0 Å². The monoisotopic (exact) mass is 378 g/mol. The molecule has 1 saturated heterocycles. The Balaban J connectivity index is 1.95. The van der Waals surface area contributed by atoms with Crippen LogP contribution in [0.4, 0.5) is 4.39 Å². The van der Waals surface area contributed by atoms with Gasteiger partial charge in [-0.1, -0.05) is 30.3 Å². The number of primary amides is 1. The minimum atomic E-state index is -2.14. The Bertz CT molecular complexity index is 615. The molecule has 1 aliphatic rings. The number of aliphatic hydroxyl groups excluding tert-OH is 1. The molecule has 1 unspecified atom stereocenters. The maximum absolute atomic E-state index is 14.3. The Labute approximate surface area is 160 Å². The fourth-order valence-electron chi connectivity index (χ4n) is 3.53. The highest BCUT2D eigenvalue weighted by molar-refractivity contribution is 5.83. The van der Waals surface area contributed by atoms with Crippen LogP contribution in [0.1, 0.15) is 51.0 Å². The zero-order chi connectivity index (χ0) is 19.9. The Morgan fingerprint density at radius 3 is 2.44 bits per heavy atom. The number of benzene rings is 1. The summed E-state index contributed by atoms with van der Waals surface area (Å²) in [4.78, 5) is 25.8. The van der Waals surface area contributed by atoms with Gasteiger partial charge in [-0.15, -0.1) is 0 Å². The zero-order valence-electron chi connectivity index (χ0n) is 16.1. The molecule has 1 aromatic rings. The molecule has 2 rings (SSSR count). The van der Waals surface area contributed by atoms with Gasteiger partial charge in [-0.05, 0) is 57.4 Å². The van der Waals surface area contributed by atoms with Crippen molar-refractivity contribution in [2.75, 3.05) is 13.1 Å². The number of hydrogen-bond donors (Lipinski definition) is 2. The summed E-state index contributed by atoms with van der Waals surface area (Å²) in [5, 5.41) is 10.5. The first-order valence-electron chi connectivity index (χ1n) is 9.79. The number of halogens is 1. The topological polar surface area (TPSA) is 83.6 Å². The molecule has 27 heavy (non-hydrogen) atoms. The number of likely N-dealkylation sites (tertiary alicyclic amines) is 1. The van der Waals surface area contributed by atoms with E-state index in [2.05, 4.69) is 0 Å². The minimum Gasteiger partial charge on any atom is -0.393 e. The van der Waals surface area contributed by atoms with Crippen LogP contribution in [0.5, 0.6) is 0 Å². The standard InChI is InChI=1S/C21H31FN2O3/c1-21(22,20(23)27)12-11-17(19(26)24-13-5-6-14-24)15-18(25)10-9-16-7-3-2-4-8-16/h2-4,7-8,17-18,25H,5-6,9-15H2,1H3,(H2,23,27)/t17-,18+,21?/m1/s1. The lowest BCUT2D eigenvalue weighted by atomic mass is 9.88. The van der Waals surface area contributed by atoms with Crippen molar-refractivity contribution in [1.82, 2.24) is 4.90 Å². The highest BCUT2D eigenvalue weighted by Gasteiger charge is 2.34. The molecule has 6 heteroatoms. The third-order valence-corrected chi connectivity index (χ3v) is 5.41. The van der Waals surface area contributed by atoms with E-state index in [1.807, 2.05) is 30.3 Å². The fourth-order valence-corrected chi connectivity index (χ4v) is 3.53. The number of aliphatic hydroxyl groups is 1. The van der Waals surface area contributed by atoms with E-state index in [1.54, 1.807) is 4.90 Å². The van der Waals surface area contributed by atoms with Crippen molar-refractivity contribution < 1.29 is 19.1 Å². The molecular weight excluding hydrogens is 347 g/mol. The molecular formula is C21H31FN2O3. The lowest BCUT2D eigenvalue weighted by Gasteiger charge is -2.27. The number of amides is 2. The Kier molecular flexibility index (Phi) is 7.78. The van der Waals surface area contributed by atoms with E-state index < -0.39 is 23.6 Å². The molecule has 0 radical (unpaired) electrons. The predicted molar refractivity (Wildman–Crippen MR) is 103 cm³/mol. The van der Waals surface area contributed by atoms with Gasteiger partial charge in [0.05, 0.1) is 6.10 Å². The molecule has 0 aliphatic carbocycles. The minimum absolute atomic E-state index is 0.0495. The molecule has 5 nitrogen and oxygen atoms in total. The summed E-state index contributed by atoms with van der Waals surface area (Å²) in [6.07, 6.45) is 2.91. The molecule has 0 saturated carbocycles. The van der Waals surface area contributed by atoms with Gasteiger partial charge in [0.2, 0.25) is 5.91 Å². The van der Waals surface area contributed by atoms with Crippen LogP contribution >= 0.6 is 0 Å². The SMILES string of the molecule is CC(F)(CC[C@H](C[C@@H](O)CCc1ccccc1)C(=O)N1CCCC1)C(N)=O. The zero-order valence-corrected chi connectivity index (χ0v) is 16.1. The first-order valence-corrected chi connectivity index (χ1v) is 9.79. The largest absolute Gasteiger partial charge is 0.393 e. The smallest absolute Gasteiger partial charge is 0.254 e. The molecule has 3 N–H and O–H groups in total. The predicted octanol–water partition coefficient (Wildman–Crippen LogP) is 2.60. The average Bonchev–Trinajstić information content (AvgIpc) is 3.18. The summed E-state index contributed by atoms with van der Waals surface area (Å²) in [7, 11) is 0. The summed E-state index contributed by atoms with van der Waals surface area (Å²) in [6, 6.07) is 9.85. The molecule has 150 valence electrons. The third-order valence-electron chi connectivity index (χ3n) is 5.41. The molecule has 0 bridgehead atoms. The normalized spacial score (nSPS) is 18.7. The van der Waals surface area contributed by atoms with E-state index in [9.17, 15) is 19.1 Å². The van der Waals surface area contributed by atoms with E-state index in [-0.39, 0.29) is 25.2 Å². The van der Waals surface area contributed by atoms with Crippen molar-refractivity contribution in [3.63, 3.8) is 0 Å². The van der Waals surface area contributed by atoms with Gasteiger partial charge < -0.3 is 15.7 Å². The van der Waals surface area contributed by atoms with Crippen molar-refractivity contribution in [2.24, 2.45) is 11.7 Å². The second-order valence-electron chi connectivity index (χ2n) is 7.74. The lowest BCUT2D eigenvalue weighted by Crippen LogP contribution is -2.40. The van der Waals surface area contributed by atoms with Crippen LogP contribution in [0.3, 0.4) is 0 Å². The second kappa shape index (κ2) is 9.83. The molecule has 3 atom stereocenters. The van der Waals surface area contributed by atoms with Gasteiger partial charge in [-0.3, -0.25) is 9.59 Å². The Morgan fingerprint density at radius 2 is 1.85 bits per heavy atom. The molecule has 1 heterocycles. The quantitative estimate of drug-likeness (QED) is 0.656. The summed E-state index contributed by atoms with van der Waals surface area (Å²) < 4.78 is 14.3. The van der Waals surface area contributed by atoms with Gasteiger partial charge in [0.15, 0.2) is 5.67 Å². The van der Waals surface area contributed by atoms with Gasteiger partial charge in [-0.2, -0.15) is 0 Å². The van der Waals surface area contributed by atoms with Crippen LogP contribution in [0.25, 0.3) is 0 Å². The average molecular weight is 378 g/mol. The van der Waals surface area contributed by atoms with E-state index in [0.717, 1.165) is 31.7 Å². The Hall–Kier alpha value is -1.95. The van der Waals surface area contributed by atoms with Crippen molar-refractivity contribution in [3.05, 3.63) is 35.9 Å². The maximum atomic E-state index is 14.3. The number of alkyl halides is 1. The van der Waals surface area contributed by atoms with Crippen LogP contribution in [0.2, 0.25) is 0 Å². The van der Waals surface area contributed by atoms with Crippen LogP contribution in [0.15, 0.2) is 30.3 Å². The van der Waals surface area contributed by atoms with Crippen molar-refractivity contribution in [3.8, 4) is 0 Å². The first kappa shape index (κ1) is 21.4. The lowest BCUT2D eigenvalue weighted by molar-refractivity contribution is -0.137. The number of hydrogen-bond acceptors (Lipinski definition) is 3. The van der Waals surface area contributed by atoms with Crippen LogP contribution < -0.4 is 5.73 Å². The third kappa shape index (κ3) is 6.61. The van der Waals surface area contributed by atoms with Gasteiger partial charge >= 0.3 is 0 Å². The van der Waals surface area contributed by atoms with Crippen LogP contribution in [-0.4, -0.2) is 46.7 Å². The highest BCUT2D eigenvalue weighted by Crippen LogP contribution is 2.26. The van der Waals surface area contributed by atoms with E-state index in [0.29, 0.717) is 19.5 Å². The van der Waals surface area contributed by atoms with Gasteiger partial charge in [0, 0.05) is 19.0 Å². The molecule has 0 spiro atoms. The molecule has 1 fully saturated rings. The second-order valence-corrected chi connectivity index (χ2v) is 7.74. The van der Waals surface area contributed by atoms with Crippen molar-refractivity contribution in [1.29, 1.82) is 0 Å². The molecule has 1 aromatic carbocycles. The number of aryl methyl sites for hydroxylation is 1. The highest BCUT2D eigenvalue weighted by atomic mass is 19.1. The molecule has 0 aromatic heterocycles. The van der Waals surface area contributed by atoms with Crippen LogP contribution in [0, 0.1) is 5.92 Å². The first-order chi connectivity index (χ1) is 12.8. The number of carbonyl (C=O) groups excluding carboxylic acids is 2. The summed E-state index contributed by atoms with van der Waals surface area (Å²) >= 11 is 0. The maximum Gasteiger partial charge on any atom is 0.254 e. The number of nitrogens with zero attached hydrogens (tertiary/aromatic N) is 1. The number of carbonyl (C=O) groups is 2. The number of nitrogens with two attached hydrogens (primary N) is 1. The number of rotatable bonds is 10. The Morgan fingerprint density at radius 1 is 1.22 bits per heavy atom. The van der Waals surface area contributed by atoms with E-state index in [1.165, 1.54) is 0 Å². The molecule has 2 amide bonds. The summed E-state index contributed by atoms with van der Waals surface area (Å²) in [6.45, 7) is 2.56. The fraction of sp³-hybridized carbons (Fsp3) is 0.619. The van der Waals surface area contributed by atoms with Crippen LogP contribution in [-0.2, 0) is 16.0 Å². The molecule has 1 aliphatic heterocycles. The van der Waals surface area contributed by atoms with E-state index in [4.69, 9.17) is 5.73 Å². The van der Waals surface area contributed by atoms with Crippen molar-refractivity contribution in [2.45, 2.75) is 63.6 Å².